The standard InChI is InChI=1S/C15H24N2S/c1-13(14-3-5-15(16)6-4-14)7-9-17-8-2-11-18-12-10-17/h3-6,13H,2,7-12,16H2,1H3. The predicted octanol–water partition coefficient (Wildman–Crippen LogP) is 3.20. The van der Waals surface area contributed by atoms with E-state index in [9.17, 15) is 0 Å². The molecule has 18 heavy (non-hydrogen) atoms. The summed E-state index contributed by atoms with van der Waals surface area (Å²) in [6.07, 6.45) is 2.59. The molecule has 2 rings (SSSR count). The largest absolute Gasteiger partial charge is 0.399 e. The van der Waals surface area contributed by atoms with Crippen LogP contribution in [0.15, 0.2) is 24.3 Å². The lowest BCUT2D eigenvalue weighted by atomic mass is 9.97. The Labute approximate surface area is 115 Å². The first kappa shape index (κ1) is 13.8. The van der Waals surface area contributed by atoms with Gasteiger partial charge in [0.25, 0.3) is 0 Å². The third-order valence-electron chi connectivity index (χ3n) is 3.70. The first-order valence-corrected chi connectivity index (χ1v) is 8.07. The summed E-state index contributed by atoms with van der Waals surface area (Å²) < 4.78 is 0. The second-order valence-corrected chi connectivity index (χ2v) is 6.39. The van der Waals surface area contributed by atoms with Gasteiger partial charge in [0.05, 0.1) is 0 Å². The predicted molar refractivity (Wildman–Crippen MR) is 82.3 cm³/mol. The molecule has 1 unspecified atom stereocenters. The molecule has 2 N–H and O–H groups in total. The van der Waals surface area contributed by atoms with Crippen molar-refractivity contribution in [3.05, 3.63) is 29.8 Å². The van der Waals surface area contributed by atoms with Gasteiger partial charge in [0.15, 0.2) is 0 Å². The molecule has 0 saturated carbocycles. The fourth-order valence-corrected chi connectivity index (χ4v) is 3.31. The number of nitrogens with zero attached hydrogens (tertiary/aromatic N) is 1. The molecule has 0 bridgehead atoms. The highest BCUT2D eigenvalue weighted by molar-refractivity contribution is 7.99. The molecular weight excluding hydrogens is 240 g/mol. The molecule has 0 aromatic heterocycles. The highest BCUT2D eigenvalue weighted by atomic mass is 32.2. The summed E-state index contributed by atoms with van der Waals surface area (Å²) in [4.78, 5) is 2.62. The molecule has 1 aromatic carbocycles. The van der Waals surface area contributed by atoms with Crippen LogP contribution in [0.1, 0.15) is 31.2 Å². The second-order valence-electron chi connectivity index (χ2n) is 5.16. The zero-order chi connectivity index (χ0) is 12.8. The summed E-state index contributed by atoms with van der Waals surface area (Å²) in [5, 5.41) is 0. The van der Waals surface area contributed by atoms with Crippen molar-refractivity contribution in [2.75, 3.05) is 36.9 Å². The normalized spacial score (nSPS) is 19.4. The van der Waals surface area contributed by atoms with E-state index in [0.717, 1.165) is 5.69 Å². The van der Waals surface area contributed by atoms with E-state index in [0.29, 0.717) is 5.92 Å². The van der Waals surface area contributed by atoms with Crippen LogP contribution in [0.25, 0.3) is 0 Å². The van der Waals surface area contributed by atoms with Crippen LogP contribution >= 0.6 is 11.8 Å². The first-order chi connectivity index (χ1) is 8.75. The SMILES string of the molecule is CC(CCN1CCCSCC1)c1ccc(N)cc1. The van der Waals surface area contributed by atoms with Gasteiger partial charge in [0.1, 0.15) is 0 Å². The molecule has 0 amide bonds. The molecule has 0 spiro atoms. The highest BCUT2D eigenvalue weighted by Gasteiger charge is 2.11. The molecule has 0 radical (unpaired) electrons. The number of hydrogen-bond acceptors (Lipinski definition) is 3. The Morgan fingerprint density at radius 3 is 2.78 bits per heavy atom. The first-order valence-electron chi connectivity index (χ1n) is 6.91. The van der Waals surface area contributed by atoms with Crippen LogP contribution in [-0.4, -0.2) is 36.0 Å². The smallest absolute Gasteiger partial charge is 0.0314 e. The lowest BCUT2D eigenvalue weighted by Gasteiger charge is -2.21. The molecule has 1 atom stereocenters. The zero-order valence-corrected chi connectivity index (χ0v) is 12.1. The van der Waals surface area contributed by atoms with Crippen molar-refractivity contribution in [2.24, 2.45) is 0 Å². The quantitative estimate of drug-likeness (QED) is 0.847. The Kier molecular flexibility index (Phi) is 5.39. The monoisotopic (exact) mass is 264 g/mol. The molecule has 1 aliphatic rings. The Morgan fingerprint density at radius 2 is 2.00 bits per heavy atom. The lowest BCUT2D eigenvalue weighted by Crippen LogP contribution is -2.27. The maximum Gasteiger partial charge on any atom is 0.0314 e. The van der Waals surface area contributed by atoms with Gasteiger partial charge >= 0.3 is 0 Å². The van der Waals surface area contributed by atoms with Crippen LogP contribution in [0.4, 0.5) is 5.69 Å². The van der Waals surface area contributed by atoms with Gasteiger partial charge in [0.2, 0.25) is 0 Å². The Bertz CT molecular complexity index is 342. The van der Waals surface area contributed by atoms with Gasteiger partial charge in [-0.2, -0.15) is 11.8 Å². The van der Waals surface area contributed by atoms with Crippen LogP contribution < -0.4 is 5.73 Å². The van der Waals surface area contributed by atoms with Gasteiger partial charge in [-0.25, -0.2) is 0 Å². The number of benzene rings is 1. The summed E-state index contributed by atoms with van der Waals surface area (Å²) >= 11 is 2.10. The van der Waals surface area contributed by atoms with Gasteiger partial charge in [-0.15, -0.1) is 0 Å². The van der Waals surface area contributed by atoms with Crippen molar-refractivity contribution in [3.8, 4) is 0 Å². The highest BCUT2D eigenvalue weighted by Crippen LogP contribution is 2.21. The summed E-state index contributed by atoms with van der Waals surface area (Å²) in [6.45, 7) is 6.09. The number of hydrogen-bond donors (Lipinski definition) is 1. The summed E-state index contributed by atoms with van der Waals surface area (Å²) in [5.74, 6) is 3.27. The van der Waals surface area contributed by atoms with Crippen LogP contribution in [-0.2, 0) is 0 Å². The lowest BCUT2D eigenvalue weighted by molar-refractivity contribution is 0.285. The number of rotatable bonds is 4. The molecular formula is C15H24N2S. The molecule has 2 nitrogen and oxygen atoms in total. The second kappa shape index (κ2) is 7.05. The average molecular weight is 264 g/mol. The van der Waals surface area contributed by atoms with E-state index in [1.807, 2.05) is 12.1 Å². The molecule has 1 fully saturated rings. The number of thioether (sulfide) groups is 1. The molecule has 3 heteroatoms. The fourth-order valence-electron chi connectivity index (χ4n) is 2.39. The van der Waals surface area contributed by atoms with Crippen molar-refractivity contribution < 1.29 is 0 Å². The van der Waals surface area contributed by atoms with Crippen molar-refractivity contribution in [1.29, 1.82) is 0 Å². The van der Waals surface area contributed by atoms with Crippen LogP contribution in [0.2, 0.25) is 0 Å². The molecule has 1 saturated heterocycles. The van der Waals surface area contributed by atoms with E-state index in [4.69, 9.17) is 5.73 Å². The van der Waals surface area contributed by atoms with Gasteiger partial charge < -0.3 is 10.6 Å². The Morgan fingerprint density at radius 1 is 1.22 bits per heavy atom. The maximum absolute atomic E-state index is 5.72. The van der Waals surface area contributed by atoms with E-state index >= 15 is 0 Å². The van der Waals surface area contributed by atoms with Gasteiger partial charge in [-0.1, -0.05) is 19.1 Å². The number of nitrogen functional groups attached to an aromatic ring is 1. The third-order valence-corrected chi connectivity index (χ3v) is 4.75. The van der Waals surface area contributed by atoms with Gasteiger partial charge in [-0.05, 0) is 55.3 Å². The minimum atomic E-state index is 0.626. The van der Waals surface area contributed by atoms with E-state index in [2.05, 4.69) is 35.7 Å². The zero-order valence-electron chi connectivity index (χ0n) is 11.3. The van der Waals surface area contributed by atoms with Crippen molar-refractivity contribution >= 4 is 17.4 Å². The van der Waals surface area contributed by atoms with E-state index in [1.54, 1.807) is 0 Å². The van der Waals surface area contributed by atoms with Crippen LogP contribution in [0.3, 0.4) is 0 Å². The van der Waals surface area contributed by atoms with Crippen LogP contribution in [0.5, 0.6) is 0 Å². The molecule has 100 valence electrons. The van der Waals surface area contributed by atoms with Crippen molar-refractivity contribution in [1.82, 2.24) is 4.90 Å². The summed E-state index contributed by atoms with van der Waals surface area (Å²) in [5.41, 5.74) is 7.99. The van der Waals surface area contributed by atoms with E-state index < -0.39 is 0 Å². The Hall–Kier alpha value is -0.670. The topological polar surface area (TPSA) is 29.3 Å². The molecule has 1 heterocycles. The number of nitrogens with two attached hydrogens (primary N) is 1. The third kappa shape index (κ3) is 4.21. The van der Waals surface area contributed by atoms with Crippen LogP contribution in [0, 0.1) is 0 Å². The fraction of sp³-hybridized carbons (Fsp3) is 0.600. The minimum Gasteiger partial charge on any atom is -0.399 e. The summed E-state index contributed by atoms with van der Waals surface area (Å²) in [7, 11) is 0. The molecule has 1 aromatic rings. The molecule has 1 aliphatic heterocycles. The van der Waals surface area contributed by atoms with Gasteiger partial charge in [0, 0.05) is 18.0 Å². The van der Waals surface area contributed by atoms with E-state index in [1.165, 1.54) is 49.5 Å². The van der Waals surface area contributed by atoms with Gasteiger partial charge in [-0.3, -0.25) is 0 Å². The van der Waals surface area contributed by atoms with Crippen molar-refractivity contribution in [2.45, 2.75) is 25.7 Å². The number of anilines is 1. The summed E-state index contributed by atoms with van der Waals surface area (Å²) in [6, 6.07) is 8.35. The Balaban J connectivity index is 1.80. The minimum absolute atomic E-state index is 0.626. The average Bonchev–Trinajstić information content (AvgIpc) is 2.65. The molecule has 0 aliphatic carbocycles. The van der Waals surface area contributed by atoms with Crippen molar-refractivity contribution in [3.63, 3.8) is 0 Å². The van der Waals surface area contributed by atoms with E-state index in [-0.39, 0.29) is 0 Å². The maximum atomic E-state index is 5.72.